The molecule has 0 aromatic heterocycles. The van der Waals surface area contributed by atoms with Gasteiger partial charge < -0.3 is 5.32 Å². The van der Waals surface area contributed by atoms with Crippen molar-refractivity contribution in [2.75, 3.05) is 7.05 Å². The summed E-state index contributed by atoms with van der Waals surface area (Å²) in [6, 6.07) is 11.1. The average Bonchev–Trinajstić information content (AvgIpc) is 2.42. The molecule has 1 unspecified atom stereocenters. The first-order valence-electron chi connectivity index (χ1n) is 6.43. The van der Waals surface area contributed by atoms with Crippen LogP contribution in [0.1, 0.15) is 28.3 Å². The molecule has 0 saturated heterocycles. The van der Waals surface area contributed by atoms with Gasteiger partial charge in [0.15, 0.2) is 0 Å². The number of halogens is 4. The second-order valence-electron chi connectivity index (χ2n) is 4.87. The number of alkyl halides is 3. The predicted octanol–water partition coefficient (Wildman–Crippen LogP) is 5.09. The third-order valence-electron chi connectivity index (χ3n) is 3.33. The summed E-state index contributed by atoms with van der Waals surface area (Å²) < 4.78 is 39.3. The zero-order valence-electron chi connectivity index (χ0n) is 11.6. The molecule has 1 N–H and O–H groups in total. The summed E-state index contributed by atoms with van der Waals surface area (Å²) in [6.07, 6.45) is -4.35. The van der Waals surface area contributed by atoms with E-state index in [1.165, 1.54) is 12.1 Å². The Balaban J connectivity index is 2.49. The van der Waals surface area contributed by atoms with Gasteiger partial charge in [-0.05, 0) is 43.3 Å². The molecular formula is C16H15BrF3N. The van der Waals surface area contributed by atoms with Crippen LogP contribution in [0.2, 0.25) is 0 Å². The van der Waals surface area contributed by atoms with Crippen molar-refractivity contribution in [1.82, 2.24) is 5.32 Å². The van der Waals surface area contributed by atoms with Crippen molar-refractivity contribution >= 4 is 15.9 Å². The Kier molecular flexibility index (Phi) is 4.74. The lowest BCUT2D eigenvalue weighted by Gasteiger charge is -2.20. The van der Waals surface area contributed by atoms with Crippen molar-refractivity contribution < 1.29 is 13.2 Å². The van der Waals surface area contributed by atoms with Gasteiger partial charge in [-0.25, -0.2) is 0 Å². The molecule has 0 amide bonds. The molecule has 0 heterocycles. The van der Waals surface area contributed by atoms with E-state index in [0.29, 0.717) is 10.0 Å². The maximum absolute atomic E-state index is 12.9. The van der Waals surface area contributed by atoms with Crippen LogP contribution in [0.5, 0.6) is 0 Å². The summed E-state index contributed by atoms with van der Waals surface area (Å²) in [6.45, 7) is 1.97. The molecule has 0 aliphatic carbocycles. The first-order valence-corrected chi connectivity index (χ1v) is 7.22. The molecule has 0 aliphatic heterocycles. The highest BCUT2D eigenvalue weighted by atomic mass is 79.9. The minimum Gasteiger partial charge on any atom is -0.309 e. The molecule has 0 bridgehead atoms. The minimum atomic E-state index is -4.35. The van der Waals surface area contributed by atoms with E-state index in [4.69, 9.17) is 0 Å². The Morgan fingerprint density at radius 2 is 1.67 bits per heavy atom. The van der Waals surface area contributed by atoms with Crippen molar-refractivity contribution in [1.29, 1.82) is 0 Å². The smallest absolute Gasteiger partial charge is 0.309 e. The number of rotatable bonds is 3. The van der Waals surface area contributed by atoms with Crippen LogP contribution in [-0.2, 0) is 6.18 Å². The summed E-state index contributed by atoms with van der Waals surface area (Å²) in [5.41, 5.74) is 1.95. The zero-order chi connectivity index (χ0) is 15.6. The summed E-state index contributed by atoms with van der Waals surface area (Å²) in [7, 11) is 1.73. The van der Waals surface area contributed by atoms with Crippen LogP contribution < -0.4 is 5.32 Å². The second-order valence-corrected chi connectivity index (χ2v) is 5.72. The van der Waals surface area contributed by atoms with Gasteiger partial charge in [-0.2, -0.15) is 13.2 Å². The van der Waals surface area contributed by atoms with Gasteiger partial charge in [0.25, 0.3) is 0 Å². The topological polar surface area (TPSA) is 12.0 Å². The van der Waals surface area contributed by atoms with Gasteiger partial charge in [0, 0.05) is 4.47 Å². The number of benzene rings is 2. The summed E-state index contributed by atoms with van der Waals surface area (Å²) in [4.78, 5) is 0. The maximum Gasteiger partial charge on any atom is 0.416 e. The fourth-order valence-electron chi connectivity index (χ4n) is 2.20. The summed E-state index contributed by atoms with van der Waals surface area (Å²) >= 11 is 3.34. The Hall–Kier alpha value is -1.33. The molecule has 0 aliphatic rings. The normalized spacial score (nSPS) is 13.2. The van der Waals surface area contributed by atoms with Gasteiger partial charge in [-0.15, -0.1) is 0 Å². The van der Waals surface area contributed by atoms with Crippen molar-refractivity contribution in [3.05, 3.63) is 69.2 Å². The van der Waals surface area contributed by atoms with Crippen LogP contribution in [0.3, 0.4) is 0 Å². The van der Waals surface area contributed by atoms with Crippen molar-refractivity contribution in [2.24, 2.45) is 0 Å². The SMILES string of the molecule is CNC(c1ccc(C)cc1)c1cc(C(F)(F)F)ccc1Br. The summed E-state index contributed by atoms with van der Waals surface area (Å²) in [5, 5.41) is 3.08. The molecule has 1 nitrogen and oxygen atoms in total. The van der Waals surface area contributed by atoms with E-state index in [1.807, 2.05) is 31.2 Å². The van der Waals surface area contributed by atoms with Crippen LogP contribution in [-0.4, -0.2) is 7.05 Å². The van der Waals surface area contributed by atoms with Crippen LogP contribution in [0.25, 0.3) is 0 Å². The molecule has 0 saturated carbocycles. The standard InChI is InChI=1S/C16H15BrF3N/c1-10-3-5-11(6-4-10)15(21-2)13-9-12(16(18,19)20)7-8-14(13)17/h3-9,15,21H,1-2H3. The number of nitrogens with one attached hydrogen (secondary N) is 1. The number of hydrogen-bond acceptors (Lipinski definition) is 1. The van der Waals surface area contributed by atoms with Gasteiger partial charge in [-0.3, -0.25) is 0 Å². The lowest BCUT2D eigenvalue weighted by Crippen LogP contribution is -2.19. The van der Waals surface area contributed by atoms with E-state index in [1.54, 1.807) is 7.05 Å². The molecule has 0 fully saturated rings. The first kappa shape index (κ1) is 16.0. The van der Waals surface area contributed by atoms with E-state index in [-0.39, 0.29) is 6.04 Å². The monoisotopic (exact) mass is 357 g/mol. The van der Waals surface area contributed by atoms with E-state index >= 15 is 0 Å². The maximum atomic E-state index is 12.9. The summed E-state index contributed by atoms with van der Waals surface area (Å²) in [5.74, 6) is 0. The largest absolute Gasteiger partial charge is 0.416 e. The highest BCUT2D eigenvalue weighted by Gasteiger charge is 2.31. The predicted molar refractivity (Wildman–Crippen MR) is 81.2 cm³/mol. The molecule has 2 aromatic rings. The fraction of sp³-hybridized carbons (Fsp3) is 0.250. The van der Waals surface area contributed by atoms with Crippen LogP contribution in [0.4, 0.5) is 13.2 Å². The van der Waals surface area contributed by atoms with Crippen LogP contribution in [0.15, 0.2) is 46.9 Å². The Morgan fingerprint density at radius 1 is 1.05 bits per heavy atom. The van der Waals surface area contributed by atoms with Crippen molar-refractivity contribution in [3.8, 4) is 0 Å². The van der Waals surface area contributed by atoms with E-state index in [9.17, 15) is 13.2 Å². The van der Waals surface area contributed by atoms with Crippen molar-refractivity contribution in [3.63, 3.8) is 0 Å². The third-order valence-corrected chi connectivity index (χ3v) is 4.06. The van der Waals surface area contributed by atoms with Crippen molar-refractivity contribution in [2.45, 2.75) is 19.1 Å². The van der Waals surface area contributed by atoms with Gasteiger partial charge in [-0.1, -0.05) is 45.8 Å². The molecule has 21 heavy (non-hydrogen) atoms. The van der Waals surface area contributed by atoms with Gasteiger partial charge in [0.2, 0.25) is 0 Å². The lowest BCUT2D eigenvalue weighted by molar-refractivity contribution is -0.137. The third kappa shape index (κ3) is 3.66. The molecule has 5 heteroatoms. The van der Waals surface area contributed by atoms with Gasteiger partial charge >= 0.3 is 6.18 Å². The molecule has 112 valence electrons. The highest BCUT2D eigenvalue weighted by molar-refractivity contribution is 9.10. The lowest BCUT2D eigenvalue weighted by atomic mass is 9.96. The molecule has 2 rings (SSSR count). The van der Waals surface area contributed by atoms with Gasteiger partial charge in [0.05, 0.1) is 11.6 Å². The zero-order valence-corrected chi connectivity index (χ0v) is 13.2. The quantitative estimate of drug-likeness (QED) is 0.806. The molecule has 0 radical (unpaired) electrons. The molecule has 2 aromatic carbocycles. The molecular weight excluding hydrogens is 343 g/mol. The Morgan fingerprint density at radius 3 is 2.19 bits per heavy atom. The second kappa shape index (κ2) is 6.20. The Bertz CT molecular complexity index is 620. The first-order chi connectivity index (χ1) is 9.82. The van der Waals surface area contributed by atoms with Gasteiger partial charge in [0.1, 0.15) is 0 Å². The molecule has 1 atom stereocenters. The van der Waals surface area contributed by atoms with E-state index < -0.39 is 11.7 Å². The van der Waals surface area contributed by atoms with E-state index in [2.05, 4.69) is 21.2 Å². The van der Waals surface area contributed by atoms with Crippen LogP contribution in [0, 0.1) is 6.92 Å². The minimum absolute atomic E-state index is 0.303. The average molecular weight is 358 g/mol. The van der Waals surface area contributed by atoms with E-state index in [0.717, 1.165) is 17.2 Å². The highest BCUT2D eigenvalue weighted by Crippen LogP contribution is 2.35. The Labute approximate surface area is 130 Å². The number of hydrogen-bond donors (Lipinski definition) is 1. The fourth-order valence-corrected chi connectivity index (χ4v) is 2.68. The number of aryl methyl sites for hydroxylation is 1. The molecule has 0 spiro atoms. The van der Waals surface area contributed by atoms with Crippen LogP contribution >= 0.6 is 15.9 Å².